The van der Waals surface area contributed by atoms with Crippen molar-refractivity contribution in [1.82, 2.24) is 0 Å². The summed E-state index contributed by atoms with van der Waals surface area (Å²) >= 11 is 0. The number of benzene rings is 1. The van der Waals surface area contributed by atoms with E-state index in [1.54, 1.807) is 12.1 Å². The predicted octanol–water partition coefficient (Wildman–Crippen LogP) is 2.60. The number of carbonyl (C=O) groups is 1. The van der Waals surface area contributed by atoms with Gasteiger partial charge >= 0.3 is 5.97 Å². The van der Waals surface area contributed by atoms with E-state index in [0.717, 1.165) is 18.1 Å². The number of carbonyl (C=O) groups excluding carboxylic acids is 1. The van der Waals surface area contributed by atoms with Crippen LogP contribution in [-0.4, -0.2) is 44.0 Å². The summed E-state index contributed by atoms with van der Waals surface area (Å²) in [5.74, 6) is 0.165. The van der Waals surface area contributed by atoms with Crippen molar-refractivity contribution in [3.63, 3.8) is 0 Å². The third-order valence-electron chi connectivity index (χ3n) is 4.09. The largest absolute Gasteiger partial charge is 0.461 e. The van der Waals surface area contributed by atoms with Gasteiger partial charge in [0.25, 0.3) is 0 Å². The highest BCUT2D eigenvalue weighted by molar-refractivity contribution is 5.75. The number of ether oxygens (including phenoxy) is 3. The molecule has 1 aromatic rings. The van der Waals surface area contributed by atoms with E-state index < -0.39 is 6.04 Å². The van der Waals surface area contributed by atoms with Crippen LogP contribution in [0, 0.1) is 18.7 Å². The van der Waals surface area contributed by atoms with Gasteiger partial charge in [-0.05, 0) is 44.7 Å². The van der Waals surface area contributed by atoms with Crippen molar-refractivity contribution in [2.24, 2.45) is 11.7 Å². The van der Waals surface area contributed by atoms with Gasteiger partial charge in [0.1, 0.15) is 18.0 Å². The molecule has 2 aliphatic rings. The molecule has 0 radical (unpaired) electrons. The van der Waals surface area contributed by atoms with E-state index in [-0.39, 0.29) is 30.6 Å². The maximum absolute atomic E-state index is 12.1. The number of hydrogen-bond donors (Lipinski definition) is 1. The fourth-order valence-electron chi connectivity index (χ4n) is 2.37. The zero-order valence-corrected chi connectivity index (χ0v) is 14.9. The summed E-state index contributed by atoms with van der Waals surface area (Å²) < 4.78 is 28.5. The van der Waals surface area contributed by atoms with Crippen LogP contribution in [0.3, 0.4) is 0 Å². The van der Waals surface area contributed by atoms with E-state index in [2.05, 4.69) is 0 Å². The first-order valence-electron chi connectivity index (χ1n) is 8.81. The highest BCUT2D eigenvalue weighted by atomic mass is 19.1. The first-order chi connectivity index (χ1) is 11.9. The van der Waals surface area contributed by atoms with Crippen LogP contribution >= 0.6 is 0 Å². The Kier molecular flexibility index (Phi) is 7.81. The Bertz CT molecular complexity index is 512. The zero-order chi connectivity index (χ0) is 18.2. The highest BCUT2D eigenvalue weighted by Crippen LogP contribution is 2.29. The van der Waals surface area contributed by atoms with Gasteiger partial charge in [0.05, 0.1) is 19.3 Å². The van der Waals surface area contributed by atoms with E-state index in [0.29, 0.717) is 13.0 Å². The van der Waals surface area contributed by atoms with Gasteiger partial charge in [0.15, 0.2) is 0 Å². The summed E-state index contributed by atoms with van der Waals surface area (Å²) in [4.78, 5) is 11.4. The van der Waals surface area contributed by atoms with Crippen LogP contribution < -0.4 is 5.73 Å². The molecule has 5 nitrogen and oxygen atoms in total. The number of cyclic esters (lactones) is 1. The van der Waals surface area contributed by atoms with Crippen molar-refractivity contribution in [2.75, 3.05) is 19.8 Å². The Hall–Kier alpha value is -1.50. The Morgan fingerprint density at radius 2 is 1.92 bits per heavy atom. The molecule has 2 fully saturated rings. The lowest BCUT2D eigenvalue weighted by molar-refractivity contribution is -0.151. The van der Waals surface area contributed by atoms with Gasteiger partial charge in [-0.3, -0.25) is 4.79 Å². The van der Waals surface area contributed by atoms with Gasteiger partial charge in [0.2, 0.25) is 0 Å². The second-order valence-electron chi connectivity index (χ2n) is 6.82. The number of esters is 1. The lowest BCUT2D eigenvalue weighted by atomic mass is 10.2. The van der Waals surface area contributed by atoms with Gasteiger partial charge < -0.3 is 19.9 Å². The fourth-order valence-corrected chi connectivity index (χ4v) is 2.37. The van der Waals surface area contributed by atoms with Crippen molar-refractivity contribution in [3.05, 3.63) is 35.6 Å². The Balaban J connectivity index is 0.000000236. The van der Waals surface area contributed by atoms with E-state index in [4.69, 9.17) is 19.9 Å². The van der Waals surface area contributed by atoms with E-state index in [1.807, 2.05) is 13.8 Å². The zero-order valence-electron chi connectivity index (χ0n) is 14.9. The molecule has 1 aliphatic heterocycles. The van der Waals surface area contributed by atoms with E-state index in [1.165, 1.54) is 25.0 Å². The highest BCUT2D eigenvalue weighted by Gasteiger charge is 2.27. The third-order valence-corrected chi connectivity index (χ3v) is 4.09. The van der Waals surface area contributed by atoms with Gasteiger partial charge in [-0.2, -0.15) is 0 Å². The molecular formula is C19H28FNO4. The molecule has 0 spiro atoms. The minimum Gasteiger partial charge on any atom is -0.461 e. The van der Waals surface area contributed by atoms with Crippen LogP contribution in [0.25, 0.3) is 0 Å². The van der Waals surface area contributed by atoms with Gasteiger partial charge in [-0.25, -0.2) is 4.39 Å². The molecule has 1 aliphatic carbocycles. The first-order valence-corrected chi connectivity index (χ1v) is 8.81. The number of aryl methyl sites for hydroxylation is 1. The summed E-state index contributed by atoms with van der Waals surface area (Å²) in [5.41, 5.74) is 6.71. The van der Waals surface area contributed by atoms with Crippen LogP contribution in [-0.2, 0) is 19.0 Å². The third kappa shape index (κ3) is 7.94. The molecule has 6 heteroatoms. The monoisotopic (exact) mass is 353 g/mol. The average Bonchev–Trinajstić information content (AvgIpc) is 3.39. The second-order valence-corrected chi connectivity index (χ2v) is 6.82. The molecule has 0 aromatic heterocycles. The summed E-state index contributed by atoms with van der Waals surface area (Å²) in [6, 6.07) is 5.72. The Morgan fingerprint density at radius 1 is 1.24 bits per heavy atom. The maximum Gasteiger partial charge on any atom is 0.325 e. The van der Waals surface area contributed by atoms with Gasteiger partial charge in [0, 0.05) is 13.0 Å². The van der Waals surface area contributed by atoms with Crippen molar-refractivity contribution >= 4 is 5.97 Å². The summed E-state index contributed by atoms with van der Waals surface area (Å²) in [7, 11) is 0. The van der Waals surface area contributed by atoms with Crippen molar-refractivity contribution in [3.8, 4) is 0 Å². The van der Waals surface area contributed by atoms with Crippen LogP contribution in [0.5, 0.6) is 0 Å². The molecule has 3 rings (SSSR count). The Morgan fingerprint density at radius 3 is 2.52 bits per heavy atom. The van der Waals surface area contributed by atoms with Gasteiger partial charge in [-0.15, -0.1) is 0 Å². The topological polar surface area (TPSA) is 70.8 Å². The molecule has 3 atom stereocenters. The first kappa shape index (κ1) is 19.8. The molecule has 140 valence electrons. The van der Waals surface area contributed by atoms with Crippen molar-refractivity contribution < 1.29 is 23.4 Å². The molecule has 1 heterocycles. The molecule has 2 N–H and O–H groups in total. The SMILES string of the molecule is CC1CC(OCC2CC2)COC[C@H](N)C(=O)O1.Cc1ccc(F)cc1. The lowest BCUT2D eigenvalue weighted by Crippen LogP contribution is -2.37. The molecule has 1 saturated carbocycles. The minimum absolute atomic E-state index is 0.00343. The van der Waals surface area contributed by atoms with Crippen LogP contribution in [0.15, 0.2) is 24.3 Å². The lowest BCUT2D eigenvalue weighted by Gasteiger charge is -2.19. The quantitative estimate of drug-likeness (QED) is 0.846. The van der Waals surface area contributed by atoms with E-state index >= 15 is 0 Å². The predicted molar refractivity (Wildman–Crippen MR) is 92.6 cm³/mol. The van der Waals surface area contributed by atoms with Crippen LogP contribution in [0.1, 0.15) is 31.7 Å². The number of nitrogens with two attached hydrogens (primary N) is 1. The van der Waals surface area contributed by atoms with Gasteiger partial charge in [-0.1, -0.05) is 17.7 Å². The van der Waals surface area contributed by atoms with Crippen LogP contribution in [0.2, 0.25) is 0 Å². The smallest absolute Gasteiger partial charge is 0.325 e. The van der Waals surface area contributed by atoms with E-state index in [9.17, 15) is 9.18 Å². The van der Waals surface area contributed by atoms with Crippen molar-refractivity contribution in [2.45, 2.75) is 51.4 Å². The molecule has 1 aromatic carbocycles. The maximum atomic E-state index is 12.1. The summed E-state index contributed by atoms with van der Waals surface area (Å²) in [6.07, 6.45) is 3.04. The molecular weight excluding hydrogens is 325 g/mol. The standard InChI is InChI=1S/C12H21NO4.C7H7F/c1-8-4-10(16-5-9-2-3-9)6-15-7-11(13)12(14)17-8;1-6-2-4-7(8)5-3-6/h8-11H,2-7,13H2,1H3;2-5H,1H3/t8?,10?,11-;/m0./s1. The minimum atomic E-state index is -0.681. The molecule has 2 unspecified atom stereocenters. The second kappa shape index (κ2) is 9.85. The number of hydrogen-bond acceptors (Lipinski definition) is 5. The number of halogens is 1. The van der Waals surface area contributed by atoms with Crippen molar-refractivity contribution in [1.29, 1.82) is 0 Å². The molecule has 0 amide bonds. The molecule has 25 heavy (non-hydrogen) atoms. The fraction of sp³-hybridized carbons (Fsp3) is 0.632. The number of rotatable bonds is 3. The molecule has 0 bridgehead atoms. The normalized spacial score (nSPS) is 27.2. The average molecular weight is 353 g/mol. The Labute approximate surface area is 148 Å². The van der Waals surface area contributed by atoms with Crippen LogP contribution in [0.4, 0.5) is 4.39 Å². The summed E-state index contributed by atoms with van der Waals surface area (Å²) in [5, 5.41) is 0. The summed E-state index contributed by atoms with van der Waals surface area (Å²) in [6.45, 7) is 5.28. The molecule has 1 saturated heterocycles.